The van der Waals surface area contributed by atoms with Crippen LogP contribution in [-0.4, -0.2) is 22.2 Å². The number of aromatic nitrogens is 2. The monoisotopic (exact) mass is 339 g/mol. The van der Waals surface area contributed by atoms with Crippen LogP contribution < -0.4 is 15.7 Å². The molecule has 128 valence electrons. The molecule has 25 heavy (non-hydrogen) atoms. The van der Waals surface area contributed by atoms with Crippen LogP contribution in [-0.2, 0) is 11.2 Å². The summed E-state index contributed by atoms with van der Waals surface area (Å²) in [7, 11) is 0. The third-order valence-corrected chi connectivity index (χ3v) is 3.69. The van der Waals surface area contributed by atoms with E-state index in [9.17, 15) is 9.59 Å². The Labute approximate surface area is 143 Å². The summed E-state index contributed by atoms with van der Waals surface area (Å²) in [5, 5.41) is 11.0. The lowest BCUT2D eigenvalue weighted by Gasteiger charge is -2.14. The van der Waals surface area contributed by atoms with Gasteiger partial charge in [-0.25, -0.2) is 4.79 Å². The Hall–Kier alpha value is -3.22. The van der Waals surface area contributed by atoms with Gasteiger partial charge in [0.15, 0.2) is 11.9 Å². The number of amides is 1. The molecule has 0 aliphatic rings. The lowest BCUT2D eigenvalue weighted by atomic mass is 10.1. The van der Waals surface area contributed by atoms with Gasteiger partial charge in [-0.15, -0.1) is 5.10 Å². The van der Waals surface area contributed by atoms with E-state index in [4.69, 9.17) is 9.15 Å². The van der Waals surface area contributed by atoms with E-state index in [0.29, 0.717) is 17.2 Å². The standard InChI is InChI=1S/C18H17N3O4/c1-3-12-9-17(22)25-15-10-13(6-7-14(12)15)24-11(2)18(23)20-16-5-4-8-19-21-16/h4-11H,3H2,1-2H3,(H,20,21,23). The second-order valence-corrected chi connectivity index (χ2v) is 5.46. The van der Waals surface area contributed by atoms with Gasteiger partial charge >= 0.3 is 5.63 Å². The van der Waals surface area contributed by atoms with Gasteiger partial charge < -0.3 is 14.5 Å². The summed E-state index contributed by atoms with van der Waals surface area (Å²) < 4.78 is 10.9. The van der Waals surface area contributed by atoms with Crippen molar-refractivity contribution in [1.29, 1.82) is 0 Å². The number of anilines is 1. The number of hydrogen-bond acceptors (Lipinski definition) is 6. The quantitative estimate of drug-likeness (QED) is 0.718. The van der Waals surface area contributed by atoms with E-state index < -0.39 is 11.7 Å². The minimum atomic E-state index is -0.763. The summed E-state index contributed by atoms with van der Waals surface area (Å²) in [6, 6.07) is 9.97. The van der Waals surface area contributed by atoms with Gasteiger partial charge in [0.1, 0.15) is 11.3 Å². The van der Waals surface area contributed by atoms with E-state index >= 15 is 0 Å². The zero-order valence-corrected chi connectivity index (χ0v) is 13.9. The SMILES string of the molecule is CCc1cc(=O)oc2cc(OC(C)C(=O)Nc3cccnn3)ccc12. The van der Waals surface area contributed by atoms with E-state index in [1.54, 1.807) is 31.2 Å². The Morgan fingerprint density at radius 3 is 2.88 bits per heavy atom. The van der Waals surface area contributed by atoms with Crippen LogP contribution in [0.3, 0.4) is 0 Å². The van der Waals surface area contributed by atoms with Gasteiger partial charge in [0, 0.05) is 23.7 Å². The summed E-state index contributed by atoms with van der Waals surface area (Å²) in [6.07, 6.45) is 1.47. The molecule has 1 N–H and O–H groups in total. The Morgan fingerprint density at radius 2 is 2.16 bits per heavy atom. The van der Waals surface area contributed by atoms with E-state index in [1.807, 2.05) is 13.0 Å². The molecule has 0 saturated heterocycles. The van der Waals surface area contributed by atoms with Gasteiger partial charge in [0.2, 0.25) is 0 Å². The molecule has 1 amide bonds. The number of nitrogens with zero attached hydrogens (tertiary/aromatic N) is 2. The highest BCUT2D eigenvalue weighted by atomic mass is 16.5. The van der Waals surface area contributed by atoms with Gasteiger partial charge in [-0.2, -0.15) is 5.10 Å². The fraction of sp³-hybridized carbons (Fsp3) is 0.222. The van der Waals surface area contributed by atoms with E-state index in [1.165, 1.54) is 12.3 Å². The molecule has 7 nitrogen and oxygen atoms in total. The predicted molar refractivity (Wildman–Crippen MR) is 92.6 cm³/mol. The smallest absolute Gasteiger partial charge is 0.336 e. The first kappa shape index (κ1) is 16.6. The minimum absolute atomic E-state index is 0.347. The summed E-state index contributed by atoms with van der Waals surface area (Å²) in [6.45, 7) is 3.59. The molecule has 0 aliphatic carbocycles. The zero-order valence-electron chi connectivity index (χ0n) is 13.9. The van der Waals surface area contributed by atoms with Crippen LogP contribution in [0.4, 0.5) is 5.82 Å². The summed E-state index contributed by atoms with van der Waals surface area (Å²) in [5.41, 5.74) is 0.935. The molecule has 1 atom stereocenters. The second-order valence-electron chi connectivity index (χ2n) is 5.46. The Morgan fingerprint density at radius 1 is 1.32 bits per heavy atom. The number of fused-ring (bicyclic) bond motifs is 1. The molecule has 0 fully saturated rings. The molecule has 0 radical (unpaired) electrons. The first-order valence-corrected chi connectivity index (χ1v) is 7.89. The van der Waals surface area contributed by atoms with Crippen molar-refractivity contribution in [1.82, 2.24) is 10.2 Å². The van der Waals surface area contributed by atoms with Gasteiger partial charge in [-0.05, 0) is 43.2 Å². The Kier molecular flexibility index (Phi) is 4.74. The van der Waals surface area contributed by atoms with Crippen molar-refractivity contribution in [3.63, 3.8) is 0 Å². The topological polar surface area (TPSA) is 94.3 Å². The average molecular weight is 339 g/mol. The van der Waals surface area contributed by atoms with Crippen LogP contribution in [0.25, 0.3) is 11.0 Å². The molecule has 2 heterocycles. The maximum absolute atomic E-state index is 12.2. The van der Waals surface area contributed by atoms with Crippen LogP contribution in [0, 0.1) is 0 Å². The highest BCUT2D eigenvalue weighted by Crippen LogP contribution is 2.23. The van der Waals surface area contributed by atoms with Crippen LogP contribution in [0.5, 0.6) is 5.75 Å². The van der Waals surface area contributed by atoms with Crippen LogP contribution in [0.15, 0.2) is 51.8 Å². The normalized spacial score (nSPS) is 11.9. The predicted octanol–water partition coefficient (Wildman–Crippen LogP) is 2.55. The highest BCUT2D eigenvalue weighted by Gasteiger charge is 2.16. The molecule has 1 aromatic carbocycles. The summed E-state index contributed by atoms with van der Waals surface area (Å²) >= 11 is 0. The first-order valence-electron chi connectivity index (χ1n) is 7.89. The van der Waals surface area contributed by atoms with Crippen molar-refractivity contribution in [2.45, 2.75) is 26.4 Å². The number of rotatable bonds is 5. The van der Waals surface area contributed by atoms with E-state index in [0.717, 1.165) is 17.4 Å². The second kappa shape index (κ2) is 7.12. The fourth-order valence-corrected chi connectivity index (χ4v) is 2.43. The third-order valence-electron chi connectivity index (χ3n) is 3.69. The van der Waals surface area contributed by atoms with Crippen molar-refractivity contribution in [2.75, 3.05) is 5.32 Å². The number of aryl methyl sites for hydroxylation is 1. The largest absolute Gasteiger partial charge is 0.481 e. The minimum Gasteiger partial charge on any atom is -0.481 e. The lowest BCUT2D eigenvalue weighted by molar-refractivity contribution is -0.122. The Bertz CT molecular complexity index is 953. The lowest BCUT2D eigenvalue weighted by Crippen LogP contribution is -2.30. The van der Waals surface area contributed by atoms with E-state index in [-0.39, 0.29) is 5.91 Å². The average Bonchev–Trinajstić information content (AvgIpc) is 2.61. The molecular formula is C18H17N3O4. The number of carbonyl (C=O) groups is 1. The molecule has 0 saturated carbocycles. The molecule has 0 spiro atoms. The summed E-state index contributed by atoms with van der Waals surface area (Å²) in [5.74, 6) is 0.426. The molecule has 3 rings (SSSR count). The van der Waals surface area contributed by atoms with Crippen LogP contribution in [0.1, 0.15) is 19.4 Å². The highest BCUT2D eigenvalue weighted by molar-refractivity contribution is 5.93. The van der Waals surface area contributed by atoms with Gasteiger partial charge in [0.25, 0.3) is 5.91 Å². The number of carbonyl (C=O) groups excluding carboxylic acids is 1. The number of nitrogens with one attached hydrogen (secondary N) is 1. The van der Waals surface area contributed by atoms with Gasteiger partial charge in [0.05, 0.1) is 0 Å². The molecular weight excluding hydrogens is 322 g/mol. The van der Waals surface area contributed by atoms with Gasteiger partial charge in [-0.1, -0.05) is 6.92 Å². The Balaban J connectivity index is 1.78. The number of benzene rings is 1. The molecule has 0 aliphatic heterocycles. The molecule has 0 bridgehead atoms. The molecule has 3 aromatic rings. The third kappa shape index (κ3) is 3.82. The van der Waals surface area contributed by atoms with Crippen molar-refractivity contribution in [3.05, 3.63) is 58.6 Å². The maximum Gasteiger partial charge on any atom is 0.336 e. The number of hydrogen-bond donors (Lipinski definition) is 1. The number of ether oxygens (including phenoxy) is 1. The van der Waals surface area contributed by atoms with Crippen molar-refractivity contribution >= 4 is 22.7 Å². The van der Waals surface area contributed by atoms with Crippen molar-refractivity contribution in [3.8, 4) is 5.75 Å². The fourth-order valence-electron chi connectivity index (χ4n) is 2.43. The zero-order chi connectivity index (χ0) is 17.8. The van der Waals surface area contributed by atoms with Crippen LogP contribution in [0.2, 0.25) is 0 Å². The van der Waals surface area contributed by atoms with Crippen molar-refractivity contribution in [2.24, 2.45) is 0 Å². The molecule has 1 unspecified atom stereocenters. The first-order chi connectivity index (χ1) is 12.1. The summed E-state index contributed by atoms with van der Waals surface area (Å²) in [4.78, 5) is 23.8. The van der Waals surface area contributed by atoms with E-state index in [2.05, 4.69) is 15.5 Å². The molecule has 7 heteroatoms. The molecule has 2 aromatic heterocycles. The van der Waals surface area contributed by atoms with Gasteiger partial charge in [-0.3, -0.25) is 4.79 Å². The van der Waals surface area contributed by atoms with Crippen LogP contribution >= 0.6 is 0 Å². The maximum atomic E-state index is 12.2. The van der Waals surface area contributed by atoms with Crippen molar-refractivity contribution < 1.29 is 13.9 Å².